The molecule has 2 fully saturated rings. The number of nitrogens with zero attached hydrogens (tertiary/aromatic N) is 5. The van der Waals surface area contributed by atoms with Gasteiger partial charge in [0.15, 0.2) is 0 Å². The van der Waals surface area contributed by atoms with E-state index in [4.69, 9.17) is 9.84 Å². The van der Waals surface area contributed by atoms with Gasteiger partial charge < -0.3 is 19.4 Å². The third-order valence-electron chi connectivity index (χ3n) is 6.23. The Labute approximate surface area is 183 Å². The topological polar surface area (TPSA) is 53.8 Å². The predicted octanol–water partition coefficient (Wildman–Crippen LogP) is 2.60. The van der Waals surface area contributed by atoms with E-state index in [-0.39, 0.29) is 24.4 Å². The fourth-order valence-electron chi connectivity index (χ4n) is 4.30. The van der Waals surface area contributed by atoms with Gasteiger partial charge >= 0.3 is 0 Å². The number of carbonyl (C=O) groups excluding carboxylic acids is 1. The number of ether oxygens (including phenoxy) is 1. The molecule has 0 bridgehead atoms. The molecule has 1 aromatic heterocycles. The second-order valence-electron chi connectivity index (χ2n) is 8.39. The number of halogens is 1. The standard InChI is InChI=1S/C23H32FN5O2/c1-4-26-10-12-27(13-11-26)23-21(15-28(19-8-9-19)22(30)16-31-3)17(2)25-29(23)20-7-5-6-18(24)14-20/h5-7,14,19H,4,8-13,15-16H2,1-3H3. The smallest absolute Gasteiger partial charge is 0.249 e. The van der Waals surface area contributed by atoms with Crippen LogP contribution in [0.4, 0.5) is 10.2 Å². The highest BCUT2D eigenvalue weighted by atomic mass is 19.1. The summed E-state index contributed by atoms with van der Waals surface area (Å²) in [7, 11) is 1.55. The van der Waals surface area contributed by atoms with Gasteiger partial charge in [0.2, 0.25) is 5.91 Å². The van der Waals surface area contributed by atoms with Crippen LogP contribution < -0.4 is 4.90 Å². The molecule has 2 aliphatic rings. The number of aryl methyl sites for hydroxylation is 1. The lowest BCUT2D eigenvalue weighted by molar-refractivity contribution is -0.136. The first-order valence-electron chi connectivity index (χ1n) is 11.1. The van der Waals surface area contributed by atoms with Crippen molar-refractivity contribution >= 4 is 11.7 Å². The predicted molar refractivity (Wildman–Crippen MR) is 118 cm³/mol. The summed E-state index contributed by atoms with van der Waals surface area (Å²) in [5, 5.41) is 4.80. The van der Waals surface area contributed by atoms with Crippen molar-refractivity contribution in [1.82, 2.24) is 19.6 Å². The lowest BCUT2D eigenvalue weighted by Gasteiger charge is -2.36. The number of amides is 1. The van der Waals surface area contributed by atoms with Crippen LogP contribution in [-0.4, -0.2) is 78.0 Å². The summed E-state index contributed by atoms with van der Waals surface area (Å²) in [4.78, 5) is 19.4. The summed E-state index contributed by atoms with van der Waals surface area (Å²) in [5.41, 5.74) is 2.60. The van der Waals surface area contributed by atoms with Crippen LogP contribution >= 0.6 is 0 Å². The summed E-state index contributed by atoms with van der Waals surface area (Å²) < 4.78 is 21.0. The van der Waals surface area contributed by atoms with Gasteiger partial charge in [-0.25, -0.2) is 9.07 Å². The van der Waals surface area contributed by atoms with Gasteiger partial charge in [0.05, 0.1) is 17.9 Å². The molecular formula is C23H32FN5O2. The van der Waals surface area contributed by atoms with Gasteiger partial charge in [-0.3, -0.25) is 4.79 Å². The second-order valence-corrected chi connectivity index (χ2v) is 8.39. The third kappa shape index (κ3) is 4.75. The van der Waals surface area contributed by atoms with Crippen molar-refractivity contribution in [2.45, 2.75) is 39.3 Å². The van der Waals surface area contributed by atoms with E-state index in [1.807, 2.05) is 22.6 Å². The molecule has 0 unspecified atom stereocenters. The van der Waals surface area contributed by atoms with Crippen LogP contribution in [0.25, 0.3) is 5.69 Å². The molecule has 1 saturated carbocycles. The molecule has 1 aliphatic carbocycles. The Morgan fingerprint density at radius 2 is 2.00 bits per heavy atom. The highest BCUT2D eigenvalue weighted by Gasteiger charge is 2.35. The van der Waals surface area contributed by atoms with Gasteiger partial charge in [0.25, 0.3) is 0 Å². The first-order chi connectivity index (χ1) is 15.0. The van der Waals surface area contributed by atoms with Crippen LogP contribution in [0.2, 0.25) is 0 Å². The van der Waals surface area contributed by atoms with Crippen molar-refractivity contribution in [2.24, 2.45) is 0 Å². The SMILES string of the molecule is CCN1CCN(c2c(CN(C(=O)COC)C3CC3)c(C)nn2-c2cccc(F)c2)CC1. The minimum Gasteiger partial charge on any atom is -0.375 e. The molecule has 1 aromatic carbocycles. The number of anilines is 1. The van der Waals surface area contributed by atoms with E-state index in [2.05, 4.69) is 16.7 Å². The highest BCUT2D eigenvalue weighted by Crippen LogP contribution is 2.34. The molecule has 1 aliphatic heterocycles. The van der Waals surface area contributed by atoms with Gasteiger partial charge in [-0.15, -0.1) is 0 Å². The molecule has 8 heteroatoms. The Bertz CT molecular complexity index is 919. The summed E-state index contributed by atoms with van der Waals surface area (Å²) in [6.45, 7) is 9.45. The van der Waals surface area contributed by atoms with Crippen LogP contribution in [0.3, 0.4) is 0 Å². The van der Waals surface area contributed by atoms with E-state index in [1.54, 1.807) is 13.2 Å². The number of benzene rings is 1. The summed E-state index contributed by atoms with van der Waals surface area (Å²) in [6.07, 6.45) is 2.05. The van der Waals surface area contributed by atoms with Gasteiger partial charge in [0.1, 0.15) is 18.2 Å². The molecule has 1 saturated heterocycles. The fourth-order valence-corrected chi connectivity index (χ4v) is 4.30. The first kappa shape index (κ1) is 21.8. The zero-order valence-electron chi connectivity index (χ0n) is 18.7. The Morgan fingerprint density at radius 1 is 1.26 bits per heavy atom. The summed E-state index contributed by atoms with van der Waals surface area (Å²) >= 11 is 0. The van der Waals surface area contributed by atoms with Crippen molar-refractivity contribution in [2.75, 3.05) is 51.3 Å². The number of piperazine rings is 1. The zero-order valence-corrected chi connectivity index (χ0v) is 18.7. The van der Waals surface area contributed by atoms with Gasteiger partial charge in [-0.1, -0.05) is 13.0 Å². The number of hydrogen-bond acceptors (Lipinski definition) is 5. The van der Waals surface area contributed by atoms with E-state index >= 15 is 0 Å². The number of likely N-dealkylation sites (N-methyl/N-ethyl adjacent to an activating group) is 1. The molecule has 1 amide bonds. The molecule has 0 N–H and O–H groups in total. The van der Waals surface area contributed by atoms with Crippen LogP contribution in [0, 0.1) is 12.7 Å². The molecule has 168 valence electrons. The fraction of sp³-hybridized carbons (Fsp3) is 0.565. The largest absolute Gasteiger partial charge is 0.375 e. The van der Waals surface area contributed by atoms with Gasteiger partial charge in [-0.2, -0.15) is 5.10 Å². The van der Waals surface area contributed by atoms with Crippen LogP contribution in [-0.2, 0) is 16.1 Å². The van der Waals surface area contributed by atoms with E-state index in [0.717, 1.165) is 62.6 Å². The summed E-state index contributed by atoms with van der Waals surface area (Å²) in [6, 6.07) is 6.80. The van der Waals surface area contributed by atoms with Crippen LogP contribution in [0.5, 0.6) is 0 Å². The normalized spacial score (nSPS) is 17.2. The molecule has 4 rings (SSSR count). The van der Waals surface area contributed by atoms with E-state index in [9.17, 15) is 9.18 Å². The molecule has 2 heterocycles. The molecule has 0 radical (unpaired) electrons. The van der Waals surface area contributed by atoms with E-state index in [1.165, 1.54) is 12.1 Å². The molecule has 7 nitrogen and oxygen atoms in total. The molecular weight excluding hydrogens is 397 g/mol. The van der Waals surface area contributed by atoms with Crippen molar-refractivity contribution in [3.8, 4) is 5.69 Å². The minimum atomic E-state index is -0.288. The number of carbonyl (C=O) groups is 1. The van der Waals surface area contributed by atoms with Crippen molar-refractivity contribution in [3.63, 3.8) is 0 Å². The highest BCUT2D eigenvalue weighted by molar-refractivity contribution is 5.78. The van der Waals surface area contributed by atoms with Crippen LogP contribution in [0.15, 0.2) is 24.3 Å². The Morgan fingerprint density at radius 3 is 2.61 bits per heavy atom. The number of rotatable bonds is 8. The van der Waals surface area contributed by atoms with Crippen molar-refractivity contribution < 1.29 is 13.9 Å². The van der Waals surface area contributed by atoms with Gasteiger partial charge in [-0.05, 0) is 44.5 Å². The van der Waals surface area contributed by atoms with E-state index < -0.39 is 0 Å². The average Bonchev–Trinajstić information content (AvgIpc) is 3.55. The van der Waals surface area contributed by atoms with Crippen molar-refractivity contribution in [3.05, 3.63) is 41.3 Å². The number of hydrogen-bond donors (Lipinski definition) is 0. The molecule has 31 heavy (non-hydrogen) atoms. The van der Waals surface area contributed by atoms with E-state index in [0.29, 0.717) is 12.2 Å². The molecule has 0 atom stereocenters. The number of aromatic nitrogens is 2. The molecule has 2 aromatic rings. The van der Waals surface area contributed by atoms with Gasteiger partial charge in [0, 0.05) is 44.9 Å². The van der Waals surface area contributed by atoms with Crippen LogP contribution in [0.1, 0.15) is 31.0 Å². The maximum atomic E-state index is 14.0. The minimum absolute atomic E-state index is 0.00431. The quantitative estimate of drug-likeness (QED) is 0.646. The third-order valence-corrected chi connectivity index (χ3v) is 6.23. The van der Waals surface area contributed by atoms with Crippen molar-refractivity contribution in [1.29, 1.82) is 0 Å². The second kappa shape index (κ2) is 9.36. The zero-order chi connectivity index (χ0) is 22.0. The molecule has 0 spiro atoms. The Balaban J connectivity index is 1.72. The maximum Gasteiger partial charge on any atom is 0.249 e. The lowest BCUT2D eigenvalue weighted by Crippen LogP contribution is -2.47. The first-order valence-corrected chi connectivity index (χ1v) is 11.1. The number of methoxy groups -OCH3 is 1. The Kier molecular flexibility index (Phi) is 6.57. The lowest BCUT2D eigenvalue weighted by atomic mass is 10.1. The average molecular weight is 430 g/mol. The monoisotopic (exact) mass is 429 g/mol. The summed E-state index contributed by atoms with van der Waals surface area (Å²) in [5.74, 6) is 0.684. The Hall–Kier alpha value is -2.45. The maximum absolute atomic E-state index is 14.0.